The van der Waals surface area contributed by atoms with Crippen LogP contribution < -0.4 is 9.47 Å². The quantitative estimate of drug-likeness (QED) is 0.646. The van der Waals surface area contributed by atoms with Gasteiger partial charge in [-0.05, 0) is 12.1 Å². The second-order valence-electron chi connectivity index (χ2n) is 5.99. The number of ether oxygens (including phenoxy) is 2. The molecule has 0 saturated carbocycles. The molecule has 0 amide bonds. The molecule has 1 heterocycles. The van der Waals surface area contributed by atoms with Crippen molar-refractivity contribution >= 4 is 17.5 Å². The Hall–Kier alpha value is -2.02. The lowest BCUT2D eigenvalue weighted by Crippen LogP contribution is -2.13. The molecule has 0 aliphatic rings. The first kappa shape index (κ1) is 17.3. The summed E-state index contributed by atoms with van der Waals surface area (Å²) in [7, 11) is 3.10. The third-order valence-electron chi connectivity index (χ3n) is 3.22. The molecule has 23 heavy (non-hydrogen) atoms. The Labute approximate surface area is 140 Å². The van der Waals surface area contributed by atoms with Gasteiger partial charge in [0.1, 0.15) is 17.3 Å². The Morgan fingerprint density at radius 2 is 2.00 bits per heavy atom. The molecule has 2 rings (SSSR count). The Bertz CT molecular complexity index is 692. The standard InChI is InChI=1S/C16H21N3O3S/c1-16(2,3)14-17-15(19-18-14)23-9-12(20)11-7-6-10(21-4)8-13(11)22-5/h6-8H,9H2,1-5H3,(H,17,18,19). The maximum absolute atomic E-state index is 12.4. The van der Waals surface area contributed by atoms with Crippen LogP contribution in [-0.4, -0.2) is 40.9 Å². The number of ketones is 1. The van der Waals surface area contributed by atoms with E-state index in [0.717, 1.165) is 5.82 Å². The van der Waals surface area contributed by atoms with Crippen molar-refractivity contribution in [3.05, 3.63) is 29.6 Å². The smallest absolute Gasteiger partial charge is 0.208 e. The fraction of sp³-hybridized carbons (Fsp3) is 0.438. The van der Waals surface area contributed by atoms with Gasteiger partial charge in [0.05, 0.1) is 25.5 Å². The molecule has 7 heteroatoms. The van der Waals surface area contributed by atoms with Crippen LogP contribution in [0.15, 0.2) is 23.4 Å². The number of Topliss-reactive ketones (excluding diaryl/α,β-unsaturated/α-hetero) is 1. The number of aromatic amines is 1. The third-order valence-corrected chi connectivity index (χ3v) is 4.06. The van der Waals surface area contributed by atoms with Gasteiger partial charge in [-0.3, -0.25) is 9.89 Å². The fourth-order valence-electron chi connectivity index (χ4n) is 1.88. The van der Waals surface area contributed by atoms with Gasteiger partial charge in [0.15, 0.2) is 5.78 Å². The Balaban J connectivity index is 2.06. The number of H-pyrrole nitrogens is 1. The number of hydrogen-bond donors (Lipinski definition) is 1. The zero-order valence-electron chi connectivity index (χ0n) is 14.0. The van der Waals surface area contributed by atoms with Crippen LogP contribution in [0.4, 0.5) is 0 Å². The minimum absolute atomic E-state index is 0.0448. The van der Waals surface area contributed by atoms with E-state index in [1.165, 1.54) is 18.9 Å². The van der Waals surface area contributed by atoms with Crippen LogP contribution in [0.3, 0.4) is 0 Å². The van der Waals surface area contributed by atoms with E-state index in [2.05, 4.69) is 36.0 Å². The number of methoxy groups -OCH3 is 2. The maximum atomic E-state index is 12.4. The van der Waals surface area contributed by atoms with Crippen molar-refractivity contribution in [2.24, 2.45) is 0 Å². The van der Waals surface area contributed by atoms with E-state index in [0.29, 0.717) is 22.2 Å². The highest BCUT2D eigenvalue weighted by Gasteiger charge is 2.20. The second kappa shape index (κ2) is 7.04. The summed E-state index contributed by atoms with van der Waals surface area (Å²) in [6, 6.07) is 5.15. The summed E-state index contributed by atoms with van der Waals surface area (Å²) in [5, 5.41) is 7.62. The number of carbonyl (C=O) groups excluding carboxylic acids is 1. The summed E-state index contributed by atoms with van der Waals surface area (Å²) in [5.41, 5.74) is 0.419. The Morgan fingerprint density at radius 3 is 2.57 bits per heavy atom. The van der Waals surface area contributed by atoms with Gasteiger partial charge in [0, 0.05) is 11.5 Å². The summed E-state index contributed by atoms with van der Waals surface area (Å²) >= 11 is 1.30. The molecular weight excluding hydrogens is 314 g/mol. The molecule has 0 aliphatic heterocycles. The number of nitrogens with zero attached hydrogens (tertiary/aromatic N) is 2. The van der Waals surface area contributed by atoms with Crippen molar-refractivity contribution in [3.63, 3.8) is 0 Å². The van der Waals surface area contributed by atoms with E-state index >= 15 is 0 Å². The first-order chi connectivity index (χ1) is 10.8. The lowest BCUT2D eigenvalue weighted by atomic mass is 9.96. The molecule has 2 aromatic rings. The number of rotatable bonds is 6. The van der Waals surface area contributed by atoms with Gasteiger partial charge in [-0.1, -0.05) is 32.5 Å². The molecule has 6 nitrogen and oxygen atoms in total. The molecule has 0 saturated heterocycles. The van der Waals surface area contributed by atoms with Crippen LogP contribution >= 0.6 is 11.8 Å². The van der Waals surface area contributed by atoms with Gasteiger partial charge in [-0.25, -0.2) is 4.98 Å². The largest absolute Gasteiger partial charge is 0.497 e. The topological polar surface area (TPSA) is 77.1 Å². The number of aromatic nitrogens is 3. The molecule has 1 aromatic carbocycles. The van der Waals surface area contributed by atoms with Crippen LogP contribution in [0.2, 0.25) is 0 Å². The lowest BCUT2D eigenvalue weighted by Gasteiger charge is -2.12. The van der Waals surface area contributed by atoms with Gasteiger partial charge in [0.25, 0.3) is 0 Å². The van der Waals surface area contributed by atoms with Gasteiger partial charge >= 0.3 is 0 Å². The first-order valence-electron chi connectivity index (χ1n) is 7.16. The van der Waals surface area contributed by atoms with Crippen LogP contribution in [0.5, 0.6) is 11.5 Å². The predicted octanol–water partition coefficient (Wildman–Crippen LogP) is 3.09. The van der Waals surface area contributed by atoms with Crippen molar-refractivity contribution < 1.29 is 14.3 Å². The summed E-state index contributed by atoms with van der Waals surface area (Å²) in [6.45, 7) is 6.15. The summed E-state index contributed by atoms with van der Waals surface area (Å²) < 4.78 is 10.4. The highest BCUT2D eigenvalue weighted by Crippen LogP contribution is 2.27. The number of nitrogens with one attached hydrogen (secondary N) is 1. The maximum Gasteiger partial charge on any atom is 0.208 e. The van der Waals surface area contributed by atoms with E-state index in [1.54, 1.807) is 25.3 Å². The van der Waals surface area contributed by atoms with Gasteiger partial charge in [0.2, 0.25) is 5.16 Å². The van der Waals surface area contributed by atoms with E-state index < -0.39 is 0 Å². The third kappa shape index (κ3) is 4.25. The van der Waals surface area contributed by atoms with E-state index in [-0.39, 0.29) is 17.0 Å². The number of hydrogen-bond acceptors (Lipinski definition) is 6. The van der Waals surface area contributed by atoms with E-state index in [9.17, 15) is 4.79 Å². The SMILES string of the molecule is COc1ccc(C(=O)CSc2n[nH]c(C(C)(C)C)n2)c(OC)c1. The lowest BCUT2D eigenvalue weighted by molar-refractivity contribution is 0.101. The monoisotopic (exact) mass is 335 g/mol. The van der Waals surface area contributed by atoms with Crippen LogP contribution in [0.1, 0.15) is 37.0 Å². The zero-order chi connectivity index (χ0) is 17.0. The van der Waals surface area contributed by atoms with Crippen LogP contribution in [-0.2, 0) is 5.41 Å². The van der Waals surface area contributed by atoms with Gasteiger partial charge in [-0.2, -0.15) is 0 Å². The first-order valence-corrected chi connectivity index (χ1v) is 8.14. The normalized spacial score (nSPS) is 11.3. The molecular formula is C16H21N3O3S. The minimum atomic E-state index is -0.102. The predicted molar refractivity (Wildman–Crippen MR) is 89.7 cm³/mol. The molecule has 1 N–H and O–H groups in total. The Morgan fingerprint density at radius 1 is 1.26 bits per heavy atom. The fourth-order valence-corrected chi connectivity index (χ4v) is 2.56. The van der Waals surface area contributed by atoms with Gasteiger partial charge in [-0.15, -0.1) is 5.10 Å². The molecule has 0 spiro atoms. The molecule has 124 valence electrons. The van der Waals surface area contributed by atoms with E-state index in [1.807, 2.05) is 0 Å². The summed E-state index contributed by atoms with van der Waals surface area (Å²) in [5.74, 6) is 2.14. The summed E-state index contributed by atoms with van der Waals surface area (Å²) in [4.78, 5) is 16.8. The average Bonchev–Trinajstić information content (AvgIpc) is 3.01. The molecule has 0 radical (unpaired) electrons. The molecule has 0 unspecified atom stereocenters. The van der Waals surface area contributed by atoms with Crippen LogP contribution in [0, 0.1) is 0 Å². The zero-order valence-corrected chi connectivity index (χ0v) is 14.8. The number of benzene rings is 1. The molecule has 0 aliphatic carbocycles. The second-order valence-corrected chi connectivity index (χ2v) is 6.94. The highest BCUT2D eigenvalue weighted by molar-refractivity contribution is 7.99. The van der Waals surface area contributed by atoms with Crippen molar-refractivity contribution in [1.29, 1.82) is 0 Å². The van der Waals surface area contributed by atoms with Crippen LogP contribution in [0.25, 0.3) is 0 Å². The Kier molecular flexibility index (Phi) is 5.30. The van der Waals surface area contributed by atoms with Crippen molar-refractivity contribution in [2.75, 3.05) is 20.0 Å². The van der Waals surface area contributed by atoms with E-state index in [4.69, 9.17) is 9.47 Å². The number of thioether (sulfide) groups is 1. The van der Waals surface area contributed by atoms with Crippen molar-refractivity contribution in [2.45, 2.75) is 31.3 Å². The molecule has 0 fully saturated rings. The molecule has 0 atom stereocenters. The summed E-state index contributed by atoms with van der Waals surface area (Å²) in [6.07, 6.45) is 0. The number of carbonyl (C=O) groups is 1. The van der Waals surface area contributed by atoms with Crippen molar-refractivity contribution in [1.82, 2.24) is 15.2 Å². The average molecular weight is 335 g/mol. The highest BCUT2D eigenvalue weighted by atomic mass is 32.2. The molecule has 0 bridgehead atoms. The molecule has 1 aromatic heterocycles. The minimum Gasteiger partial charge on any atom is -0.497 e. The van der Waals surface area contributed by atoms with Gasteiger partial charge < -0.3 is 9.47 Å². The van der Waals surface area contributed by atoms with Crippen molar-refractivity contribution in [3.8, 4) is 11.5 Å².